The molecular weight excluding hydrogens is 493 g/mol. The van der Waals surface area contributed by atoms with E-state index in [-0.39, 0.29) is 20.8 Å². The number of anilines is 1. The summed E-state index contributed by atoms with van der Waals surface area (Å²) in [5.74, 6) is -4.44. The maximum absolute atomic E-state index is 13.0. The molecule has 0 aliphatic heterocycles. The summed E-state index contributed by atoms with van der Waals surface area (Å²) >= 11 is 18.0. The molecule has 3 atom stereocenters. The van der Waals surface area contributed by atoms with Crippen LogP contribution in [0.25, 0.3) is 0 Å². The fraction of sp³-hybridized carbons (Fsp3) is 0.421. The number of carbonyl (C=O) groups excluding carboxylic acids is 5. The van der Waals surface area contributed by atoms with Crippen molar-refractivity contribution in [3.05, 3.63) is 27.2 Å². The SMILES string of the molecule is CC(=O)OC[C@H](OC(C)=O)[C@@H](OC(C)=O)[C@@H](OC(C)=O)C(=O)Nc1c(Cl)cc(Cl)cc1Cl. The number of hydrogen-bond donors (Lipinski definition) is 1. The van der Waals surface area contributed by atoms with Crippen molar-refractivity contribution in [3.63, 3.8) is 0 Å². The molecule has 1 amide bonds. The number of amides is 1. The summed E-state index contributed by atoms with van der Waals surface area (Å²) in [5, 5.41) is 2.50. The van der Waals surface area contributed by atoms with Gasteiger partial charge in [0.2, 0.25) is 6.10 Å². The molecule has 32 heavy (non-hydrogen) atoms. The summed E-state index contributed by atoms with van der Waals surface area (Å²) in [4.78, 5) is 59.2. The normalized spacial score (nSPS) is 13.2. The lowest BCUT2D eigenvalue weighted by atomic mass is 10.1. The van der Waals surface area contributed by atoms with Crippen molar-refractivity contribution in [2.24, 2.45) is 0 Å². The lowest BCUT2D eigenvalue weighted by molar-refractivity contribution is -0.190. The van der Waals surface area contributed by atoms with Gasteiger partial charge in [-0.2, -0.15) is 0 Å². The van der Waals surface area contributed by atoms with E-state index in [1.807, 2.05) is 0 Å². The average molecular weight is 513 g/mol. The third-order valence-corrected chi connectivity index (χ3v) is 4.36. The first-order valence-corrected chi connectivity index (χ1v) is 10.1. The first-order valence-electron chi connectivity index (χ1n) is 8.92. The highest BCUT2D eigenvalue weighted by molar-refractivity contribution is 6.42. The summed E-state index contributed by atoms with van der Waals surface area (Å²) in [6.45, 7) is 3.55. The standard InChI is InChI=1S/C19H20Cl3NO9/c1-8(24)29-7-15(30-9(2)25)17(31-10(3)26)18(32-11(4)27)19(28)23-16-13(21)5-12(20)6-14(16)22/h5-6,15,17-18H,7H2,1-4H3,(H,23,28)/t15-,17+,18+/m0/s1. The van der Waals surface area contributed by atoms with Crippen LogP contribution in [0.15, 0.2) is 12.1 Å². The minimum absolute atomic E-state index is 0.0297. The maximum atomic E-state index is 13.0. The fourth-order valence-corrected chi connectivity index (χ4v) is 3.35. The molecule has 13 heteroatoms. The van der Waals surface area contributed by atoms with Crippen molar-refractivity contribution in [3.8, 4) is 0 Å². The van der Waals surface area contributed by atoms with Crippen molar-refractivity contribution in [2.75, 3.05) is 11.9 Å². The Hall–Kier alpha value is -2.56. The molecule has 176 valence electrons. The van der Waals surface area contributed by atoms with E-state index in [1.54, 1.807) is 0 Å². The molecule has 0 fully saturated rings. The van der Waals surface area contributed by atoms with Gasteiger partial charge in [-0.25, -0.2) is 0 Å². The third-order valence-electron chi connectivity index (χ3n) is 3.54. The van der Waals surface area contributed by atoms with Gasteiger partial charge >= 0.3 is 23.9 Å². The summed E-state index contributed by atoms with van der Waals surface area (Å²) in [6.07, 6.45) is -5.03. The van der Waals surface area contributed by atoms with Crippen LogP contribution in [0.3, 0.4) is 0 Å². The van der Waals surface area contributed by atoms with E-state index in [4.69, 9.17) is 53.8 Å². The van der Waals surface area contributed by atoms with E-state index in [1.165, 1.54) is 12.1 Å². The number of nitrogens with one attached hydrogen (secondary N) is 1. The van der Waals surface area contributed by atoms with Gasteiger partial charge in [-0.3, -0.25) is 24.0 Å². The van der Waals surface area contributed by atoms with Gasteiger partial charge in [0.25, 0.3) is 5.91 Å². The van der Waals surface area contributed by atoms with Crippen LogP contribution in [-0.2, 0) is 42.9 Å². The molecule has 0 radical (unpaired) electrons. The number of benzene rings is 1. The number of carbonyl (C=O) groups is 5. The number of hydrogen-bond acceptors (Lipinski definition) is 9. The molecule has 0 spiro atoms. The zero-order valence-corrected chi connectivity index (χ0v) is 19.7. The first-order chi connectivity index (χ1) is 14.8. The van der Waals surface area contributed by atoms with Gasteiger partial charge in [0.1, 0.15) is 6.61 Å². The van der Waals surface area contributed by atoms with Crippen molar-refractivity contribution in [2.45, 2.75) is 46.0 Å². The van der Waals surface area contributed by atoms with E-state index >= 15 is 0 Å². The lowest BCUT2D eigenvalue weighted by Crippen LogP contribution is -2.52. The monoisotopic (exact) mass is 511 g/mol. The Morgan fingerprint density at radius 1 is 0.812 bits per heavy atom. The van der Waals surface area contributed by atoms with Crippen LogP contribution in [-0.4, -0.2) is 54.7 Å². The van der Waals surface area contributed by atoms with Gasteiger partial charge in [0, 0.05) is 32.7 Å². The van der Waals surface area contributed by atoms with Gasteiger partial charge in [-0.1, -0.05) is 34.8 Å². The van der Waals surface area contributed by atoms with E-state index in [0.29, 0.717) is 0 Å². The Morgan fingerprint density at radius 2 is 1.31 bits per heavy atom. The van der Waals surface area contributed by atoms with Crippen LogP contribution in [0, 0.1) is 0 Å². The molecular formula is C19H20Cl3NO9. The number of halogens is 3. The van der Waals surface area contributed by atoms with E-state index in [2.05, 4.69) is 5.32 Å². The van der Waals surface area contributed by atoms with E-state index in [9.17, 15) is 24.0 Å². The molecule has 0 heterocycles. The minimum Gasteiger partial charge on any atom is -0.462 e. The number of ether oxygens (including phenoxy) is 4. The largest absolute Gasteiger partial charge is 0.462 e. The van der Waals surface area contributed by atoms with Crippen LogP contribution < -0.4 is 5.32 Å². The molecule has 1 rings (SSSR count). The smallest absolute Gasteiger partial charge is 0.303 e. The van der Waals surface area contributed by atoms with Crippen LogP contribution in [0.4, 0.5) is 5.69 Å². The Kier molecular flexibility index (Phi) is 10.7. The van der Waals surface area contributed by atoms with Crippen LogP contribution in [0.2, 0.25) is 15.1 Å². The zero-order valence-electron chi connectivity index (χ0n) is 17.4. The summed E-state index contributed by atoms with van der Waals surface area (Å²) in [5.41, 5.74) is -0.0644. The lowest BCUT2D eigenvalue weighted by Gasteiger charge is -2.31. The quantitative estimate of drug-likeness (QED) is 0.391. The molecule has 0 unspecified atom stereocenters. The maximum Gasteiger partial charge on any atom is 0.303 e. The van der Waals surface area contributed by atoms with E-state index < -0.39 is 54.7 Å². The van der Waals surface area contributed by atoms with E-state index in [0.717, 1.165) is 27.7 Å². The fourth-order valence-electron chi connectivity index (χ4n) is 2.44. The van der Waals surface area contributed by atoms with Gasteiger partial charge in [0.05, 0.1) is 15.7 Å². The Balaban J connectivity index is 3.39. The molecule has 1 N–H and O–H groups in total. The molecule has 1 aromatic rings. The molecule has 0 bridgehead atoms. The molecule has 0 aromatic heterocycles. The van der Waals surface area contributed by atoms with Crippen molar-refractivity contribution in [1.82, 2.24) is 0 Å². The molecule has 0 aliphatic carbocycles. The first kappa shape index (κ1) is 27.5. The summed E-state index contributed by atoms with van der Waals surface area (Å²) < 4.78 is 20.1. The highest BCUT2D eigenvalue weighted by Gasteiger charge is 2.42. The highest BCUT2D eigenvalue weighted by Crippen LogP contribution is 2.34. The van der Waals surface area contributed by atoms with Gasteiger partial charge in [-0.05, 0) is 12.1 Å². The Bertz CT molecular complexity index is 883. The third kappa shape index (κ3) is 8.89. The zero-order chi connectivity index (χ0) is 24.6. The van der Waals surface area contributed by atoms with Gasteiger partial charge < -0.3 is 24.3 Å². The summed E-state index contributed by atoms with van der Waals surface area (Å²) in [7, 11) is 0. The topological polar surface area (TPSA) is 134 Å². The Morgan fingerprint density at radius 3 is 1.75 bits per heavy atom. The molecule has 10 nitrogen and oxygen atoms in total. The second-order valence-corrected chi connectivity index (χ2v) is 7.54. The van der Waals surface area contributed by atoms with Crippen LogP contribution in [0.5, 0.6) is 0 Å². The molecule has 1 aromatic carbocycles. The summed E-state index contributed by atoms with van der Waals surface area (Å²) in [6, 6.07) is 2.61. The minimum atomic E-state index is -1.85. The van der Waals surface area contributed by atoms with Crippen molar-refractivity contribution in [1.29, 1.82) is 0 Å². The van der Waals surface area contributed by atoms with Crippen molar-refractivity contribution < 1.29 is 42.9 Å². The van der Waals surface area contributed by atoms with Crippen molar-refractivity contribution >= 4 is 70.3 Å². The highest BCUT2D eigenvalue weighted by atomic mass is 35.5. The average Bonchev–Trinajstić information content (AvgIpc) is 2.63. The van der Waals surface area contributed by atoms with Gasteiger partial charge in [0.15, 0.2) is 12.2 Å². The van der Waals surface area contributed by atoms with Gasteiger partial charge in [-0.15, -0.1) is 0 Å². The van der Waals surface area contributed by atoms with Crippen LogP contribution in [0.1, 0.15) is 27.7 Å². The second kappa shape index (κ2) is 12.5. The molecule has 0 aliphatic rings. The number of esters is 4. The second-order valence-electron chi connectivity index (χ2n) is 6.29. The predicted octanol–water partition coefficient (Wildman–Crippen LogP) is 2.94. The van der Waals surface area contributed by atoms with Crippen LogP contribution >= 0.6 is 34.8 Å². The number of rotatable bonds is 9. The Labute approximate surface area is 198 Å². The predicted molar refractivity (Wildman–Crippen MR) is 113 cm³/mol. The molecule has 0 saturated carbocycles. The molecule has 0 saturated heterocycles.